The zero-order valence-corrected chi connectivity index (χ0v) is 13.3. The molecular formula is C15H9BrO4S. The van der Waals surface area contributed by atoms with Crippen molar-refractivity contribution in [2.75, 3.05) is 6.26 Å². The molecule has 0 aromatic heterocycles. The summed E-state index contributed by atoms with van der Waals surface area (Å²) in [5.74, 6) is -1.18. The Morgan fingerprint density at radius 1 is 0.810 bits per heavy atom. The third-order valence-corrected chi connectivity index (χ3v) is 4.99. The first-order valence-corrected chi connectivity index (χ1v) is 8.70. The molecule has 3 rings (SSSR count). The molecule has 0 saturated heterocycles. The lowest BCUT2D eigenvalue weighted by Gasteiger charge is -2.18. The van der Waals surface area contributed by atoms with Crippen LogP contribution in [0.15, 0.2) is 45.8 Å². The van der Waals surface area contributed by atoms with Crippen molar-refractivity contribution < 1.29 is 18.0 Å². The van der Waals surface area contributed by atoms with E-state index in [4.69, 9.17) is 0 Å². The molecule has 0 N–H and O–H groups in total. The molecule has 0 amide bonds. The standard InChI is InChI=1S/C15H9BrO4S/c1-21(19,20)9-3-5-11-13(7-9)12-6-8(16)2-4-10(12)14(17)15(11)18/h2-7H,1H3. The van der Waals surface area contributed by atoms with E-state index < -0.39 is 21.4 Å². The van der Waals surface area contributed by atoms with Crippen molar-refractivity contribution in [1.29, 1.82) is 0 Å². The highest BCUT2D eigenvalue weighted by Crippen LogP contribution is 2.36. The number of rotatable bonds is 1. The van der Waals surface area contributed by atoms with E-state index >= 15 is 0 Å². The largest absolute Gasteiger partial charge is 0.285 e. The average Bonchev–Trinajstić information content (AvgIpc) is 2.43. The number of Topliss-reactive ketones (excluding diaryl/α,β-unsaturated/α-hetero) is 2. The number of halogens is 1. The molecule has 0 heterocycles. The van der Waals surface area contributed by atoms with Crippen LogP contribution in [0, 0.1) is 0 Å². The number of hydrogen-bond acceptors (Lipinski definition) is 4. The summed E-state index contributed by atoms with van der Waals surface area (Å²) < 4.78 is 24.1. The summed E-state index contributed by atoms with van der Waals surface area (Å²) in [4.78, 5) is 24.3. The van der Waals surface area contributed by atoms with Crippen molar-refractivity contribution in [2.24, 2.45) is 0 Å². The maximum Gasteiger partial charge on any atom is 0.234 e. The second-order valence-electron chi connectivity index (χ2n) is 4.83. The predicted molar refractivity (Wildman–Crippen MR) is 81.3 cm³/mol. The molecule has 0 unspecified atom stereocenters. The van der Waals surface area contributed by atoms with Gasteiger partial charge in [0.15, 0.2) is 9.84 Å². The summed E-state index contributed by atoms with van der Waals surface area (Å²) in [7, 11) is -3.39. The maximum absolute atomic E-state index is 12.1. The Morgan fingerprint density at radius 3 is 1.90 bits per heavy atom. The van der Waals surface area contributed by atoms with Crippen molar-refractivity contribution in [3.63, 3.8) is 0 Å². The van der Waals surface area contributed by atoms with Crippen LogP contribution in [0.2, 0.25) is 0 Å². The first-order valence-electron chi connectivity index (χ1n) is 6.02. The van der Waals surface area contributed by atoms with E-state index in [1.54, 1.807) is 18.2 Å². The minimum atomic E-state index is -3.39. The SMILES string of the molecule is CS(=O)(=O)c1ccc2c(c1)-c1cc(Br)ccc1C(=O)C2=O. The molecule has 106 valence electrons. The van der Waals surface area contributed by atoms with Crippen LogP contribution in [0.4, 0.5) is 0 Å². The summed E-state index contributed by atoms with van der Waals surface area (Å²) in [6.45, 7) is 0. The van der Waals surface area contributed by atoms with Gasteiger partial charge in [-0.15, -0.1) is 0 Å². The molecular weight excluding hydrogens is 356 g/mol. The molecule has 1 aliphatic carbocycles. The van der Waals surface area contributed by atoms with Gasteiger partial charge in [-0.2, -0.15) is 0 Å². The Bertz CT molecular complexity index is 913. The summed E-state index contributed by atoms with van der Waals surface area (Å²) >= 11 is 3.32. The van der Waals surface area contributed by atoms with Gasteiger partial charge in [0, 0.05) is 21.9 Å². The fraction of sp³-hybridized carbons (Fsp3) is 0.0667. The van der Waals surface area contributed by atoms with Crippen LogP contribution in [-0.4, -0.2) is 26.2 Å². The summed E-state index contributed by atoms with van der Waals surface area (Å²) in [5, 5.41) is 0. The molecule has 0 aliphatic heterocycles. The average molecular weight is 365 g/mol. The molecule has 0 fully saturated rings. The third kappa shape index (κ3) is 2.24. The van der Waals surface area contributed by atoms with E-state index in [0.717, 1.165) is 10.7 Å². The smallest absolute Gasteiger partial charge is 0.234 e. The number of fused-ring (bicyclic) bond motifs is 3. The van der Waals surface area contributed by atoms with Gasteiger partial charge in [0.05, 0.1) is 4.90 Å². The molecule has 0 spiro atoms. The molecule has 0 radical (unpaired) electrons. The van der Waals surface area contributed by atoms with Crippen LogP contribution in [0.3, 0.4) is 0 Å². The predicted octanol–water partition coefficient (Wildman–Crippen LogP) is 2.90. The second kappa shape index (κ2) is 4.61. The minimum absolute atomic E-state index is 0.120. The van der Waals surface area contributed by atoms with Gasteiger partial charge in [0.1, 0.15) is 0 Å². The lowest BCUT2D eigenvalue weighted by atomic mass is 9.84. The number of ketones is 2. The van der Waals surface area contributed by atoms with Gasteiger partial charge in [-0.3, -0.25) is 9.59 Å². The van der Waals surface area contributed by atoms with Gasteiger partial charge in [-0.05, 0) is 47.5 Å². The summed E-state index contributed by atoms with van der Waals surface area (Å²) in [5.41, 5.74) is 1.56. The minimum Gasteiger partial charge on any atom is -0.285 e. The lowest BCUT2D eigenvalue weighted by Crippen LogP contribution is -2.21. The first-order chi connectivity index (χ1) is 9.79. The van der Waals surface area contributed by atoms with E-state index in [1.807, 2.05) is 0 Å². The molecule has 0 atom stereocenters. The van der Waals surface area contributed by atoms with Crippen LogP contribution < -0.4 is 0 Å². The molecule has 0 bridgehead atoms. The lowest BCUT2D eigenvalue weighted by molar-refractivity contribution is 0.0815. The van der Waals surface area contributed by atoms with Crippen molar-refractivity contribution in [2.45, 2.75) is 4.90 Å². The second-order valence-corrected chi connectivity index (χ2v) is 7.76. The van der Waals surface area contributed by atoms with E-state index in [2.05, 4.69) is 15.9 Å². The Morgan fingerprint density at radius 2 is 1.33 bits per heavy atom. The van der Waals surface area contributed by atoms with Crippen LogP contribution in [0.25, 0.3) is 11.1 Å². The highest BCUT2D eigenvalue weighted by molar-refractivity contribution is 9.10. The highest BCUT2D eigenvalue weighted by Gasteiger charge is 2.31. The normalized spacial score (nSPS) is 13.8. The third-order valence-electron chi connectivity index (χ3n) is 3.39. The fourth-order valence-electron chi connectivity index (χ4n) is 2.36. The number of carbonyl (C=O) groups excluding carboxylic acids is 2. The number of hydrogen-bond donors (Lipinski definition) is 0. The highest BCUT2D eigenvalue weighted by atomic mass is 79.9. The molecule has 0 saturated carbocycles. The topological polar surface area (TPSA) is 68.3 Å². The monoisotopic (exact) mass is 364 g/mol. The Labute approximate surface area is 129 Å². The molecule has 4 nitrogen and oxygen atoms in total. The van der Waals surface area contributed by atoms with Crippen molar-refractivity contribution in [3.05, 3.63) is 52.0 Å². The first kappa shape index (κ1) is 14.2. The van der Waals surface area contributed by atoms with E-state index in [9.17, 15) is 18.0 Å². The molecule has 21 heavy (non-hydrogen) atoms. The van der Waals surface area contributed by atoms with E-state index in [-0.39, 0.29) is 10.5 Å². The van der Waals surface area contributed by atoms with Gasteiger partial charge in [-0.1, -0.05) is 15.9 Å². The van der Waals surface area contributed by atoms with Crippen molar-refractivity contribution >= 4 is 37.3 Å². The summed E-state index contributed by atoms with van der Waals surface area (Å²) in [6, 6.07) is 9.15. The van der Waals surface area contributed by atoms with Crippen molar-refractivity contribution in [1.82, 2.24) is 0 Å². The van der Waals surface area contributed by atoms with Gasteiger partial charge in [-0.25, -0.2) is 8.42 Å². The van der Waals surface area contributed by atoms with E-state index in [0.29, 0.717) is 16.7 Å². The Balaban J connectivity index is 2.39. The maximum atomic E-state index is 12.1. The number of benzene rings is 2. The fourth-order valence-corrected chi connectivity index (χ4v) is 3.37. The molecule has 6 heteroatoms. The van der Waals surface area contributed by atoms with Gasteiger partial charge in [0.2, 0.25) is 11.6 Å². The van der Waals surface area contributed by atoms with Gasteiger partial charge in [0.25, 0.3) is 0 Å². The van der Waals surface area contributed by atoms with Crippen LogP contribution >= 0.6 is 15.9 Å². The number of sulfone groups is 1. The van der Waals surface area contributed by atoms with Crippen molar-refractivity contribution in [3.8, 4) is 11.1 Å². The quantitative estimate of drug-likeness (QED) is 0.729. The molecule has 2 aromatic carbocycles. The Kier molecular flexibility index (Phi) is 3.11. The molecule has 1 aliphatic rings. The zero-order chi connectivity index (χ0) is 15.4. The Hall–Kier alpha value is -1.79. The van der Waals surface area contributed by atoms with Crippen LogP contribution in [-0.2, 0) is 9.84 Å². The summed E-state index contributed by atoms with van der Waals surface area (Å²) in [6.07, 6.45) is 1.10. The molecule has 2 aromatic rings. The van der Waals surface area contributed by atoms with Gasteiger partial charge >= 0.3 is 0 Å². The van der Waals surface area contributed by atoms with Crippen LogP contribution in [0.5, 0.6) is 0 Å². The van der Waals surface area contributed by atoms with Crippen LogP contribution in [0.1, 0.15) is 20.7 Å². The number of carbonyl (C=O) groups is 2. The zero-order valence-electron chi connectivity index (χ0n) is 10.9. The van der Waals surface area contributed by atoms with E-state index in [1.165, 1.54) is 18.2 Å². The van der Waals surface area contributed by atoms with Gasteiger partial charge < -0.3 is 0 Å².